The largest absolute Gasteiger partial charge is 0.364 e. The number of fused-ring (bicyclic) bond motifs is 1. The molecule has 0 bridgehead atoms. The van der Waals surface area contributed by atoms with E-state index in [2.05, 4.69) is 29.8 Å². The van der Waals surface area contributed by atoms with Crippen molar-refractivity contribution < 1.29 is 9.84 Å². The fraction of sp³-hybridized carbons (Fsp3) is 1.00. The summed E-state index contributed by atoms with van der Waals surface area (Å²) in [7, 11) is 0. The molecule has 1 aliphatic carbocycles. The van der Waals surface area contributed by atoms with Gasteiger partial charge in [-0.2, -0.15) is 0 Å². The lowest BCUT2D eigenvalue weighted by atomic mass is 10.0. The monoisotopic (exact) mass is 234 g/mol. The molecule has 2 fully saturated rings. The van der Waals surface area contributed by atoms with Gasteiger partial charge in [0.05, 0.1) is 10.9 Å². The SMILES string of the molecule is CCCC1(O)OCC2(C)CC21Br. The smallest absolute Gasteiger partial charge is 0.181 e. The van der Waals surface area contributed by atoms with E-state index in [9.17, 15) is 5.11 Å². The number of aliphatic hydroxyl groups is 1. The van der Waals surface area contributed by atoms with Crippen molar-refractivity contribution in [3.05, 3.63) is 0 Å². The lowest BCUT2D eigenvalue weighted by molar-refractivity contribution is -0.188. The van der Waals surface area contributed by atoms with Gasteiger partial charge in [-0.3, -0.25) is 0 Å². The van der Waals surface area contributed by atoms with Gasteiger partial charge in [-0.15, -0.1) is 0 Å². The van der Waals surface area contributed by atoms with Crippen LogP contribution in [0.4, 0.5) is 0 Å². The molecule has 2 aliphatic rings. The summed E-state index contributed by atoms with van der Waals surface area (Å²) in [5.41, 5.74) is 0.178. The van der Waals surface area contributed by atoms with Gasteiger partial charge in [0.15, 0.2) is 5.79 Å². The van der Waals surface area contributed by atoms with Crippen molar-refractivity contribution in [1.82, 2.24) is 0 Å². The van der Waals surface area contributed by atoms with E-state index in [1.807, 2.05) is 0 Å². The molecule has 1 heterocycles. The Morgan fingerprint density at radius 3 is 2.58 bits per heavy atom. The highest BCUT2D eigenvalue weighted by molar-refractivity contribution is 9.10. The van der Waals surface area contributed by atoms with Crippen LogP contribution in [0.1, 0.15) is 33.1 Å². The van der Waals surface area contributed by atoms with Gasteiger partial charge in [-0.05, 0) is 6.42 Å². The van der Waals surface area contributed by atoms with Crippen LogP contribution in [-0.4, -0.2) is 21.8 Å². The zero-order valence-corrected chi connectivity index (χ0v) is 9.15. The second kappa shape index (κ2) is 2.25. The summed E-state index contributed by atoms with van der Waals surface area (Å²) in [6, 6.07) is 0. The molecule has 1 aliphatic heterocycles. The molecule has 3 atom stereocenters. The van der Waals surface area contributed by atoms with Crippen molar-refractivity contribution in [2.75, 3.05) is 6.61 Å². The summed E-state index contributed by atoms with van der Waals surface area (Å²) in [5, 5.41) is 10.2. The quantitative estimate of drug-likeness (QED) is 0.742. The van der Waals surface area contributed by atoms with Crippen LogP contribution in [0.5, 0.6) is 0 Å². The summed E-state index contributed by atoms with van der Waals surface area (Å²) in [6.07, 6.45) is 2.73. The zero-order chi connectivity index (χ0) is 9.04. The van der Waals surface area contributed by atoms with Crippen molar-refractivity contribution in [3.8, 4) is 0 Å². The van der Waals surface area contributed by atoms with E-state index in [0.717, 1.165) is 19.3 Å². The van der Waals surface area contributed by atoms with E-state index >= 15 is 0 Å². The first-order valence-electron chi connectivity index (χ1n) is 4.53. The van der Waals surface area contributed by atoms with E-state index < -0.39 is 5.79 Å². The average Bonchev–Trinajstić information content (AvgIpc) is 2.48. The Labute approximate surface area is 81.4 Å². The first-order valence-corrected chi connectivity index (χ1v) is 5.32. The Morgan fingerprint density at radius 1 is 1.58 bits per heavy atom. The highest BCUT2D eigenvalue weighted by atomic mass is 79.9. The maximum atomic E-state index is 10.2. The Morgan fingerprint density at radius 2 is 2.25 bits per heavy atom. The standard InChI is InChI=1S/C9H15BrO2/c1-3-4-9(11)8(10)5-7(8,2)6-12-9/h11H,3-6H2,1-2H3. The third kappa shape index (κ3) is 0.824. The Kier molecular flexibility index (Phi) is 1.68. The molecule has 12 heavy (non-hydrogen) atoms. The highest BCUT2D eigenvalue weighted by Crippen LogP contribution is 2.72. The number of alkyl halides is 1. The number of hydrogen-bond donors (Lipinski definition) is 1. The van der Waals surface area contributed by atoms with Crippen LogP contribution in [0.25, 0.3) is 0 Å². The summed E-state index contributed by atoms with van der Waals surface area (Å²) in [4.78, 5) is 0. The highest BCUT2D eigenvalue weighted by Gasteiger charge is 2.78. The predicted octanol–water partition coefficient (Wildman–Crippen LogP) is 2.05. The summed E-state index contributed by atoms with van der Waals surface area (Å²) < 4.78 is 5.31. The Hall–Kier alpha value is 0.400. The van der Waals surface area contributed by atoms with Gasteiger partial charge in [0, 0.05) is 11.8 Å². The molecule has 3 unspecified atom stereocenters. The van der Waals surface area contributed by atoms with Crippen LogP contribution < -0.4 is 0 Å². The second-order valence-corrected chi connectivity index (χ2v) is 5.72. The molecular weight excluding hydrogens is 220 g/mol. The van der Waals surface area contributed by atoms with Crippen LogP contribution in [-0.2, 0) is 4.74 Å². The molecule has 0 aromatic carbocycles. The molecule has 0 aromatic rings. The molecule has 0 aromatic heterocycles. The van der Waals surface area contributed by atoms with E-state index in [4.69, 9.17) is 4.74 Å². The zero-order valence-electron chi connectivity index (χ0n) is 7.56. The van der Waals surface area contributed by atoms with Crippen LogP contribution in [0.15, 0.2) is 0 Å². The molecular formula is C9H15BrO2. The Bertz CT molecular complexity index is 213. The van der Waals surface area contributed by atoms with E-state index in [0.29, 0.717) is 6.61 Å². The molecule has 2 rings (SSSR count). The summed E-state index contributed by atoms with van der Waals surface area (Å²) in [6.45, 7) is 4.92. The van der Waals surface area contributed by atoms with Crippen molar-refractivity contribution >= 4 is 15.9 Å². The number of halogens is 1. The normalized spacial score (nSPS) is 57.0. The number of ether oxygens (including phenoxy) is 1. The number of hydrogen-bond acceptors (Lipinski definition) is 2. The number of rotatable bonds is 2. The molecule has 0 spiro atoms. The molecule has 2 nitrogen and oxygen atoms in total. The van der Waals surface area contributed by atoms with Crippen molar-refractivity contribution in [1.29, 1.82) is 0 Å². The van der Waals surface area contributed by atoms with E-state index in [1.165, 1.54) is 0 Å². The van der Waals surface area contributed by atoms with Gasteiger partial charge >= 0.3 is 0 Å². The molecule has 0 radical (unpaired) electrons. The molecule has 1 N–H and O–H groups in total. The molecule has 0 amide bonds. The van der Waals surface area contributed by atoms with Gasteiger partial charge in [0.2, 0.25) is 0 Å². The first kappa shape index (κ1) is 8.97. The van der Waals surface area contributed by atoms with Crippen molar-refractivity contribution in [2.24, 2.45) is 5.41 Å². The third-order valence-electron chi connectivity index (χ3n) is 3.30. The topological polar surface area (TPSA) is 29.5 Å². The van der Waals surface area contributed by atoms with E-state index in [1.54, 1.807) is 0 Å². The van der Waals surface area contributed by atoms with Crippen LogP contribution in [0.3, 0.4) is 0 Å². The first-order chi connectivity index (χ1) is 5.47. The van der Waals surface area contributed by atoms with E-state index in [-0.39, 0.29) is 9.74 Å². The van der Waals surface area contributed by atoms with Gasteiger partial charge < -0.3 is 9.84 Å². The lowest BCUT2D eigenvalue weighted by Gasteiger charge is -2.28. The molecule has 3 heteroatoms. The van der Waals surface area contributed by atoms with Gasteiger partial charge in [-0.1, -0.05) is 36.2 Å². The molecule has 1 saturated carbocycles. The fourth-order valence-corrected chi connectivity index (χ4v) is 3.32. The van der Waals surface area contributed by atoms with Crippen molar-refractivity contribution in [3.63, 3.8) is 0 Å². The maximum Gasteiger partial charge on any atom is 0.181 e. The Balaban J connectivity index is 2.20. The maximum absolute atomic E-state index is 10.2. The molecule has 1 saturated heterocycles. The van der Waals surface area contributed by atoms with Gasteiger partial charge in [0.1, 0.15) is 0 Å². The molecule has 70 valence electrons. The van der Waals surface area contributed by atoms with Crippen LogP contribution in [0.2, 0.25) is 0 Å². The minimum Gasteiger partial charge on any atom is -0.364 e. The predicted molar refractivity (Wildman–Crippen MR) is 50.2 cm³/mol. The fourth-order valence-electron chi connectivity index (χ4n) is 2.27. The minimum absolute atomic E-state index is 0.150. The average molecular weight is 235 g/mol. The van der Waals surface area contributed by atoms with Crippen LogP contribution in [0, 0.1) is 5.41 Å². The van der Waals surface area contributed by atoms with Crippen LogP contribution >= 0.6 is 15.9 Å². The van der Waals surface area contributed by atoms with Crippen molar-refractivity contribution in [2.45, 2.75) is 43.2 Å². The van der Waals surface area contributed by atoms with Gasteiger partial charge in [-0.25, -0.2) is 0 Å². The lowest BCUT2D eigenvalue weighted by Crippen LogP contribution is -2.40. The second-order valence-electron chi connectivity index (χ2n) is 4.36. The third-order valence-corrected chi connectivity index (χ3v) is 5.16. The van der Waals surface area contributed by atoms with Gasteiger partial charge in [0.25, 0.3) is 0 Å². The minimum atomic E-state index is -0.906. The summed E-state index contributed by atoms with van der Waals surface area (Å²) in [5.74, 6) is -0.906. The summed E-state index contributed by atoms with van der Waals surface area (Å²) >= 11 is 3.62.